The maximum Gasteiger partial charge on any atom is 0.160 e. The molecule has 0 saturated heterocycles. The Morgan fingerprint density at radius 1 is 0.500 bits per heavy atom. The highest BCUT2D eigenvalue weighted by Crippen LogP contribution is 2.49. The molecule has 0 spiro atoms. The fraction of sp³-hybridized carbons (Fsp3) is 0.0732. The van der Waals surface area contributed by atoms with Crippen LogP contribution in [0.5, 0.6) is 0 Å². The third-order valence-electron chi connectivity index (χ3n) is 9.41. The van der Waals surface area contributed by atoms with Gasteiger partial charge in [0, 0.05) is 38.4 Å². The molecule has 2 aromatic heterocycles. The molecule has 3 nitrogen and oxygen atoms in total. The van der Waals surface area contributed by atoms with Gasteiger partial charge >= 0.3 is 0 Å². The number of benzene rings is 6. The van der Waals surface area contributed by atoms with Gasteiger partial charge in [-0.3, -0.25) is 0 Å². The van der Waals surface area contributed by atoms with Gasteiger partial charge in [0.25, 0.3) is 0 Å². The summed E-state index contributed by atoms with van der Waals surface area (Å²) in [5.74, 6) is 0.736. The minimum Gasteiger partial charge on any atom is -0.309 e. The lowest BCUT2D eigenvalue weighted by molar-refractivity contribution is 0.660. The van der Waals surface area contributed by atoms with Crippen LogP contribution in [0.3, 0.4) is 0 Å². The van der Waals surface area contributed by atoms with Crippen molar-refractivity contribution in [2.24, 2.45) is 0 Å². The van der Waals surface area contributed by atoms with Gasteiger partial charge in [0.15, 0.2) is 5.82 Å². The predicted molar refractivity (Wildman–Crippen MR) is 182 cm³/mol. The number of rotatable bonds is 3. The first-order valence-corrected chi connectivity index (χ1v) is 15.2. The van der Waals surface area contributed by atoms with Gasteiger partial charge in [0.1, 0.15) is 0 Å². The molecule has 0 N–H and O–H groups in total. The van der Waals surface area contributed by atoms with Crippen molar-refractivity contribution in [1.82, 2.24) is 14.5 Å². The van der Waals surface area contributed by atoms with E-state index in [9.17, 15) is 0 Å². The summed E-state index contributed by atoms with van der Waals surface area (Å²) in [6.45, 7) is 4.65. The van der Waals surface area contributed by atoms with E-state index in [-0.39, 0.29) is 5.41 Å². The molecule has 0 bridgehead atoms. The van der Waals surface area contributed by atoms with E-state index < -0.39 is 0 Å². The van der Waals surface area contributed by atoms with E-state index in [1.165, 1.54) is 44.1 Å². The van der Waals surface area contributed by atoms with Gasteiger partial charge in [0.05, 0.1) is 22.2 Å². The summed E-state index contributed by atoms with van der Waals surface area (Å²) in [4.78, 5) is 10.4. The van der Waals surface area contributed by atoms with Crippen LogP contribution < -0.4 is 0 Å². The zero-order valence-corrected chi connectivity index (χ0v) is 24.6. The van der Waals surface area contributed by atoms with Crippen LogP contribution in [0.1, 0.15) is 25.0 Å². The lowest BCUT2D eigenvalue weighted by atomic mass is 9.82. The van der Waals surface area contributed by atoms with Crippen LogP contribution in [0.4, 0.5) is 0 Å². The smallest absolute Gasteiger partial charge is 0.160 e. The molecule has 6 aromatic carbocycles. The molecule has 0 unspecified atom stereocenters. The van der Waals surface area contributed by atoms with Gasteiger partial charge in [-0.25, -0.2) is 9.97 Å². The normalized spacial score (nSPS) is 13.4. The molecule has 1 aliphatic carbocycles. The fourth-order valence-electron chi connectivity index (χ4n) is 7.24. The van der Waals surface area contributed by atoms with Crippen molar-refractivity contribution >= 4 is 32.7 Å². The Balaban J connectivity index is 1.25. The average molecular weight is 564 g/mol. The van der Waals surface area contributed by atoms with Crippen molar-refractivity contribution in [3.8, 4) is 39.5 Å². The number of hydrogen-bond donors (Lipinski definition) is 0. The first-order chi connectivity index (χ1) is 21.6. The minimum absolute atomic E-state index is 0.0778. The molecule has 8 aromatic rings. The van der Waals surface area contributed by atoms with Crippen LogP contribution in [-0.4, -0.2) is 14.5 Å². The van der Waals surface area contributed by atoms with E-state index in [0.717, 1.165) is 39.2 Å². The first kappa shape index (κ1) is 25.0. The topological polar surface area (TPSA) is 30.7 Å². The molecule has 0 atom stereocenters. The largest absolute Gasteiger partial charge is 0.309 e. The maximum atomic E-state index is 5.30. The summed E-state index contributed by atoms with van der Waals surface area (Å²) >= 11 is 0. The van der Waals surface area contributed by atoms with Crippen molar-refractivity contribution in [2.75, 3.05) is 0 Å². The Hall–Kier alpha value is -5.54. The third kappa shape index (κ3) is 3.56. The molecule has 2 heterocycles. The quantitative estimate of drug-likeness (QED) is 0.214. The molecule has 1 aliphatic rings. The van der Waals surface area contributed by atoms with Gasteiger partial charge in [-0.2, -0.15) is 0 Å². The molecule has 0 saturated carbocycles. The minimum atomic E-state index is -0.0778. The lowest BCUT2D eigenvalue weighted by Gasteiger charge is -2.22. The molecule has 44 heavy (non-hydrogen) atoms. The van der Waals surface area contributed by atoms with Crippen molar-refractivity contribution < 1.29 is 0 Å². The Bertz CT molecular complexity index is 2410. The summed E-state index contributed by atoms with van der Waals surface area (Å²) in [6, 6.07) is 49.8. The number of nitrogens with zero attached hydrogens (tertiary/aromatic N) is 3. The zero-order valence-electron chi connectivity index (χ0n) is 24.6. The van der Waals surface area contributed by atoms with E-state index in [0.29, 0.717) is 0 Å². The molecule has 9 rings (SSSR count). The number of aromatic nitrogens is 3. The second-order valence-electron chi connectivity index (χ2n) is 12.3. The fourth-order valence-corrected chi connectivity index (χ4v) is 7.24. The molecular formula is C41H29N3. The molecule has 0 amide bonds. The van der Waals surface area contributed by atoms with Crippen LogP contribution in [0.2, 0.25) is 0 Å². The highest BCUT2D eigenvalue weighted by atomic mass is 15.0. The van der Waals surface area contributed by atoms with Crippen molar-refractivity contribution in [3.05, 3.63) is 151 Å². The van der Waals surface area contributed by atoms with E-state index in [1.54, 1.807) is 0 Å². The Kier molecular flexibility index (Phi) is 5.24. The van der Waals surface area contributed by atoms with E-state index >= 15 is 0 Å². The monoisotopic (exact) mass is 563 g/mol. The van der Waals surface area contributed by atoms with Gasteiger partial charge in [-0.05, 0) is 70.8 Å². The van der Waals surface area contributed by atoms with Gasteiger partial charge in [-0.15, -0.1) is 0 Å². The van der Waals surface area contributed by atoms with Crippen molar-refractivity contribution in [3.63, 3.8) is 0 Å². The summed E-state index contributed by atoms with van der Waals surface area (Å²) in [5, 5.41) is 3.47. The highest BCUT2D eigenvalue weighted by Gasteiger charge is 2.35. The van der Waals surface area contributed by atoms with Gasteiger partial charge in [0.2, 0.25) is 0 Å². The second-order valence-corrected chi connectivity index (χ2v) is 12.3. The molecule has 3 heteroatoms. The van der Waals surface area contributed by atoms with Crippen molar-refractivity contribution in [1.29, 1.82) is 0 Å². The van der Waals surface area contributed by atoms with Crippen molar-refractivity contribution in [2.45, 2.75) is 19.3 Å². The average Bonchev–Trinajstić information content (AvgIpc) is 3.53. The van der Waals surface area contributed by atoms with Crippen LogP contribution in [0.25, 0.3) is 72.2 Å². The summed E-state index contributed by atoms with van der Waals surface area (Å²) in [6.07, 6.45) is 0. The SMILES string of the molecule is CC1(C)c2ccccc2-c2ccc(-c3nc(-c4ccc5c(c4)c4ccccc4n5-c4ccccc4)nc4ccccc34)cc21. The van der Waals surface area contributed by atoms with E-state index in [1.807, 2.05) is 0 Å². The van der Waals surface area contributed by atoms with Crippen LogP contribution in [0, 0.1) is 0 Å². The van der Waals surface area contributed by atoms with Gasteiger partial charge in [-0.1, -0.05) is 105 Å². The molecular weight excluding hydrogens is 534 g/mol. The molecule has 0 aliphatic heterocycles. The predicted octanol–water partition coefficient (Wildman–Crippen LogP) is 10.4. The number of hydrogen-bond acceptors (Lipinski definition) is 2. The maximum absolute atomic E-state index is 5.30. The Morgan fingerprint density at radius 3 is 2.07 bits per heavy atom. The van der Waals surface area contributed by atoms with Gasteiger partial charge < -0.3 is 4.57 Å². The zero-order chi connectivity index (χ0) is 29.4. The Labute approximate surface area is 256 Å². The summed E-state index contributed by atoms with van der Waals surface area (Å²) in [5.41, 5.74) is 12.8. The standard InChI is InChI=1S/C41H29N3/c1-41(2)34-17-9-6-14-29(34)30-22-20-26(25-35(30)41)39-32-16-7-10-18-36(32)42-40(43-39)27-21-23-38-33(24-27)31-15-8-11-19-37(31)44(38)28-12-4-3-5-13-28/h3-25H,1-2H3. The lowest BCUT2D eigenvalue weighted by Crippen LogP contribution is -2.14. The molecule has 0 radical (unpaired) electrons. The van der Waals surface area contributed by atoms with E-state index in [2.05, 4.69) is 158 Å². The van der Waals surface area contributed by atoms with E-state index in [4.69, 9.17) is 9.97 Å². The highest BCUT2D eigenvalue weighted by molar-refractivity contribution is 6.10. The molecule has 0 fully saturated rings. The first-order valence-electron chi connectivity index (χ1n) is 15.2. The van der Waals surface area contributed by atoms with Crippen LogP contribution in [0.15, 0.2) is 140 Å². The third-order valence-corrected chi connectivity index (χ3v) is 9.41. The second kappa shape index (κ2) is 9.23. The van der Waals surface area contributed by atoms with Crippen LogP contribution >= 0.6 is 0 Å². The Morgan fingerprint density at radius 2 is 1.18 bits per heavy atom. The van der Waals surface area contributed by atoms with Crippen LogP contribution in [-0.2, 0) is 5.41 Å². The number of para-hydroxylation sites is 3. The summed E-state index contributed by atoms with van der Waals surface area (Å²) in [7, 11) is 0. The number of fused-ring (bicyclic) bond motifs is 7. The summed E-state index contributed by atoms with van der Waals surface area (Å²) < 4.78 is 2.34. The molecule has 208 valence electrons.